The Bertz CT molecular complexity index is 695. The van der Waals surface area contributed by atoms with E-state index < -0.39 is 0 Å². The summed E-state index contributed by atoms with van der Waals surface area (Å²) in [4.78, 5) is 12.6. The Morgan fingerprint density at radius 3 is 2.54 bits per heavy atom. The first-order valence-corrected chi connectivity index (χ1v) is 9.61. The molecule has 2 aromatic carbocycles. The Morgan fingerprint density at radius 1 is 1.12 bits per heavy atom. The lowest BCUT2D eigenvalue weighted by atomic mass is 9.80. The summed E-state index contributed by atoms with van der Waals surface area (Å²) in [6, 6.07) is 16.8. The first kappa shape index (κ1) is 17.2. The normalized spacial score (nSPS) is 19.1. The molecule has 2 aromatic rings. The van der Waals surface area contributed by atoms with Gasteiger partial charge < -0.3 is 5.32 Å². The van der Waals surface area contributed by atoms with Crippen LogP contribution in [-0.2, 0) is 11.2 Å². The molecule has 1 saturated carbocycles. The number of carbonyl (C=O) groups excluding carboxylic acids is 1. The second-order valence-electron chi connectivity index (χ2n) is 6.51. The highest BCUT2D eigenvalue weighted by atomic mass is 79.9. The van der Waals surface area contributed by atoms with E-state index >= 15 is 0 Å². The molecule has 0 spiro atoms. The van der Waals surface area contributed by atoms with Crippen LogP contribution < -0.4 is 5.32 Å². The van der Waals surface area contributed by atoms with Gasteiger partial charge in [0.1, 0.15) is 5.78 Å². The van der Waals surface area contributed by atoms with Crippen molar-refractivity contribution in [3.8, 4) is 0 Å². The Kier molecular flexibility index (Phi) is 5.72. The molecule has 1 aliphatic carbocycles. The summed E-state index contributed by atoms with van der Waals surface area (Å²) in [5.41, 5.74) is 3.57. The molecule has 0 heterocycles. The van der Waals surface area contributed by atoms with Gasteiger partial charge in [-0.05, 0) is 48.6 Å². The van der Waals surface area contributed by atoms with Crippen LogP contribution in [0.3, 0.4) is 0 Å². The second kappa shape index (κ2) is 7.98. The molecule has 3 heteroatoms. The van der Waals surface area contributed by atoms with Crippen LogP contribution in [0.5, 0.6) is 0 Å². The third-order valence-corrected chi connectivity index (χ3v) is 5.65. The molecular weight excluding hydrogens is 362 g/mol. The third-order valence-electron chi connectivity index (χ3n) is 4.93. The van der Waals surface area contributed by atoms with E-state index in [0.717, 1.165) is 41.4 Å². The second-order valence-corrected chi connectivity index (χ2v) is 7.37. The first-order chi connectivity index (χ1) is 11.7. The molecule has 0 aromatic heterocycles. The van der Waals surface area contributed by atoms with E-state index in [1.165, 1.54) is 5.56 Å². The average Bonchev–Trinajstić information content (AvgIpc) is 2.62. The van der Waals surface area contributed by atoms with Gasteiger partial charge in [-0.25, -0.2) is 0 Å². The van der Waals surface area contributed by atoms with E-state index in [9.17, 15) is 4.79 Å². The SMILES string of the molecule is CCc1ccc(NC(c2ccccc2Br)C2CCCCC2=O)cc1. The highest BCUT2D eigenvalue weighted by Crippen LogP contribution is 2.37. The smallest absolute Gasteiger partial charge is 0.138 e. The van der Waals surface area contributed by atoms with Crippen molar-refractivity contribution in [3.05, 3.63) is 64.1 Å². The summed E-state index contributed by atoms with van der Waals surface area (Å²) in [5, 5.41) is 3.64. The highest BCUT2D eigenvalue weighted by Gasteiger charge is 2.32. The highest BCUT2D eigenvalue weighted by molar-refractivity contribution is 9.10. The maximum atomic E-state index is 12.6. The standard InChI is InChI=1S/C21H24BrNO/c1-2-15-11-13-16(14-12-15)23-21(17-7-3-5-9-19(17)22)18-8-4-6-10-20(18)24/h3,5,7,9,11-14,18,21,23H,2,4,6,8,10H2,1H3. The zero-order valence-corrected chi connectivity index (χ0v) is 15.7. The van der Waals surface area contributed by atoms with Gasteiger partial charge in [0.15, 0.2) is 0 Å². The number of Topliss-reactive ketones (excluding diaryl/α,β-unsaturated/α-hetero) is 1. The Labute approximate surface area is 152 Å². The van der Waals surface area contributed by atoms with E-state index in [1.54, 1.807) is 0 Å². The van der Waals surface area contributed by atoms with Gasteiger partial charge in [0.2, 0.25) is 0 Å². The third kappa shape index (κ3) is 3.89. The van der Waals surface area contributed by atoms with Crippen molar-refractivity contribution in [2.75, 3.05) is 5.32 Å². The number of nitrogens with one attached hydrogen (secondary N) is 1. The number of hydrogen-bond acceptors (Lipinski definition) is 2. The summed E-state index contributed by atoms with van der Waals surface area (Å²) in [6.07, 6.45) is 4.87. The van der Waals surface area contributed by atoms with Crippen LogP contribution in [0, 0.1) is 5.92 Å². The number of halogens is 1. The Balaban J connectivity index is 1.91. The number of ketones is 1. The maximum absolute atomic E-state index is 12.6. The van der Waals surface area contributed by atoms with Crippen LogP contribution in [0.2, 0.25) is 0 Å². The van der Waals surface area contributed by atoms with Crippen LogP contribution in [0.1, 0.15) is 49.8 Å². The van der Waals surface area contributed by atoms with Crippen molar-refractivity contribution in [1.29, 1.82) is 0 Å². The van der Waals surface area contributed by atoms with E-state index in [0.29, 0.717) is 12.2 Å². The molecule has 1 N–H and O–H groups in total. The molecule has 0 aliphatic heterocycles. The molecule has 0 radical (unpaired) electrons. The zero-order valence-electron chi connectivity index (χ0n) is 14.1. The minimum absolute atomic E-state index is 0.0147. The van der Waals surface area contributed by atoms with Gasteiger partial charge in [0, 0.05) is 22.5 Å². The molecule has 2 unspecified atom stereocenters. The summed E-state index contributed by atoms with van der Waals surface area (Å²) in [7, 11) is 0. The van der Waals surface area contributed by atoms with Gasteiger partial charge >= 0.3 is 0 Å². The molecule has 0 bridgehead atoms. The molecule has 1 fully saturated rings. The van der Waals surface area contributed by atoms with Gasteiger partial charge in [-0.15, -0.1) is 0 Å². The fraction of sp³-hybridized carbons (Fsp3) is 0.381. The van der Waals surface area contributed by atoms with Gasteiger partial charge in [-0.3, -0.25) is 4.79 Å². The number of benzene rings is 2. The zero-order chi connectivity index (χ0) is 16.9. The van der Waals surface area contributed by atoms with Crippen LogP contribution >= 0.6 is 15.9 Å². The predicted molar refractivity (Wildman–Crippen MR) is 103 cm³/mol. The fourth-order valence-corrected chi connectivity index (χ4v) is 4.03. The number of aryl methyl sites for hydroxylation is 1. The number of anilines is 1. The van der Waals surface area contributed by atoms with Gasteiger partial charge in [0.25, 0.3) is 0 Å². The maximum Gasteiger partial charge on any atom is 0.138 e. The van der Waals surface area contributed by atoms with E-state index in [4.69, 9.17) is 0 Å². The quantitative estimate of drug-likeness (QED) is 0.691. The summed E-state index contributed by atoms with van der Waals surface area (Å²) in [6.45, 7) is 2.16. The number of rotatable bonds is 5. The average molecular weight is 386 g/mol. The molecule has 2 atom stereocenters. The van der Waals surface area contributed by atoms with Crippen LogP contribution in [0.15, 0.2) is 53.0 Å². The van der Waals surface area contributed by atoms with Crippen molar-refractivity contribution >= 4 is 27.4 Å². The monoisotopic (exact) mass is 385 g/mol. The van der Waals surface area contributed by atoms with E-state index in [1.807, 2.05) is 12.1 Å². The lowest BCUT2D eigenvalue weighted by Crippen LogP contribution is -2.30. The molecule has 2 nitrogen and oxygen atoms in total. The number of hydrogen-bond donors (Lipinski definition) is 1. The molecule has 1 aliphatic rings. The topological polar surface area (TPSA) is 29.1 Å². The summed E-state index contributed by atoms with van der Waals surface area (Å²) in [5.74, 6) is 0.433. The van der Waals surface area contributed by atoms with Crippen molar-refractivity contribution in [1.82, 2.24) is 0 Å². The minimum Gasteiger partial charge on any atom is -0.377 e. The number of carbonyl (C=O) groups is 1. The predicted octanol–water partition coefficient (Wildman–Crippen LogP) is 5.92. The Hall–Kier alpha value is -1.61. The Morgan fingerprint density at radius 2 is 1.88 bits per heavy atom. The van der Waals surface area contributed by atoms with E-state index in [-0.39, 0.29) is 12.0 Å². The van der Waals surface area contributed by atoms with Crippen molar-refractivity contribution in [2.45, 2.75) is 45.1 Å². The van der Waals surface area contributed by atoms with Crippen molar-refractivity contribution in [3.63, 3.8) is 0 Å². The van der Waals surface area contributed by atoms with E-state index in [2.05, 4.69) is 64.6 Å². The van der Waals surface area contributed by atoms with Crippen LogP contribution in [0.25, 0.3) is 0 Å². The fourth-order valence-electron chi connectivity index (χ4n) is 3.50. The van der Waals surface area contributed by atoms with Crippen molar-refractivity contribution in [2.24, 2.45) is 5.92 Å². The molecular formula is C21H24BrNO. The lowest BCUT2D eigenvalue weighted by molar-refractivity contribution is -0.125. The molecule has 0 saturated heterocycles. The van der Waals surface area contributed by atoms with Gasteiger partial charge in [0.05, 0.1) is 6.04 Å². The first-order valence-electron chi connectivity index (χ1n) is 8.81. The van der Waals surface area contributed by atoms with Crippen LogP contribution in [-0.4, -0.2) is 5.78 Å². The molecule has 0 amide bonds. The largest absolute Gasteiger partial charge is 0.377 e. The van der Waals surface area contributed by atoms with Crippen LogP contribution in [0.4, 0.5) is 5.69 Å². The minimum atomic E-state index is 0.0147. The molecule has 126 valence electrons. The molecule has 3 rings (SSSR count). The summed E-state index contributed by atoms with van der Waals surface area (Å²) < 4.78 is 1.06. The lowest BCUT2D eigenvalue weighted by Gasteiger charge is -2.31. The van der Waals surface area contributed by atoms with Crippen molar-refractivity contribution < 1.29 is 4.79 Å². The van der Waals surface area contributed by atoms with Gasteiger partial charge in [-0.2, -0.15) is 0 Å². The molecule has 24 heavy (non-hydrogen) atoms. The van der Waals surface area contributed by atoms with Gasteiger partial charge in [-0.1, -0.05) is 59.6 Å². The summed E-state index contributed by atoms with van der Waals surface area (Å²) >= 11 is 3.67.